The lowest BCUT2D eigenvalue weighted by atomic mass is 10.00. The summed E-state index contributed by atoms with van der Waals surface area (Å²) in [6.07, 6.45) is 2.39. The molecule has 0 aromatic heterocycles. The van der Waals surface area contributed by atoms with Crippen LogP contribution in [0, 0.1) is 11.8 Å². The van der Waals surface area contributed by atoms with Crippen molar-refractivity contribution in [3.63, 3.8) is 0 Å². The van der Waals surface area contributed by atoms with Crippen LogP contribution >= 0.6 is 0 Å². The molecule has 0 saturated carbocycles. The van der Waals surface area contributed by atoms with Gasteiger partial charge >= 0.3 is 0 Å². The number of fused-ring (bicyclic) bond motifs is 1. The van der Waals surface area contributed by atoms with Crippen LogP contribution in [0.5, 0.6) is 0 Å². The first-order valence-electron chi connectivity index (χ1n) is 16.1. The predicted molar refractivity (Wildman–Crippen MR) is 172 cm³/mol. The van der Waals surface area contributed by atoms with Gasteiger partial charge < -0.3 is 25.8 Å². The maximum atomic E-state index is 14.0. The van der Waals surface area contributed by atoms with Crippen molar-refractivity contribution in [3.8, 4) is 0 Å². The lowest BCUT2D eigenvalue weighted by Gasteiger charge is -2.31. The Morgan fingerprint density at radius 1 is 0.867 bits per heavy atom. The first kappa shape index (κ1) is 33.7. The van der Waals surface area contributed by atoms with E-state index in [2.05, 4.69) is 29.8 Å². The average Bonchev–Trinajstić information content (AvgIpc) is 3.49. The minimum Gasteiger partial charge on any atom is -0.349 e. The van der Waals surface area contributed by atoms with Crippen molar-refractivity contribution in [2.24, 2.45) is 11.8 Å². The Morgan fingerprint density at radius 3 is 2.20 bits per heavy atom. The van der Waals surface area contributed by atoms with Gasteiger partial charge in [-0.1, -0.05) is 70.2 Å². The van der Waals surface area contributed by atoms with Crippen LogP contribution in [0.1, 0.15) is 68.9 Å². The fraction of sp³-hybridized carbons (Fsp3) is 0.514. The molecule has 2 heterocycles. The van der Waals surface area contributed by atoms with Crippen LogP contribution < -0.4 is 16.0 Å². The van der Waals surface area contributed by atoms with E-state index in [9.17, 15) is 24.0 Å². The second kappa shape index (κ2) is 15.2. The van der Waals surface area contributed by atoms with Gasteiger partial charge in [-0.15, -0.1) is 0 Å². The van der Waals surface area contributed by atoms with E-state index in [1.54, 1.807) is 19.1 Å². The van der Waals surface area contributed by atoms with Crippen molar-refractivity contribution in [1.82, 2.24) is 25.8 Å². The Kier molecular flexibility index (Phi) is 11.4. The van der Waals surface area contributed by atoms with E-state index in [1.807, 2.05) is 56.3 Å². The second-order valence-electron chi connectivity index (χ2n) is 13.1. The van der Waals surface area contributed by atoms with E-state index in [-0.39, 0.29) is 42.6 Å². The fourth-order valence-corrected chi connectivity index (χ4v) is 6.13. The van der Waals surface area contributed by atoms with Crippen molar-refractivity contribution < 1.29 is 24.0 Å². The Bertz CT molecular complexity index is 1360. The van der Waals surface area contributed by atoms with Gasteiger partial charge in [0, 0.05) is 18.7 Å². The molecular formula is C35H47N5O5. The monoisotopic (exact) mass is 617 g/mol. The molecule has 2 saturated heterocycles. The summed E-state index contributed by atoms with van der Waals surface area (Å²) in [5, 5.41) is 8.74. The van der Waals surface area contributed by atoms with Gasteiger partial charge in [-0.3, -0.25) is 24.0 Å². The summed E-state index contributed by atoms with van der Waals surface area (Å²) < 4.78 is 0. The standard InChI is InChI=1S/C35H47N5O5/c1-22(2)18-26-13-15-27(16-14-26)35(45)39-20-28(19-25-10-7-6-8-11-25)37-33(43)31(23(3)4)38-32(42)29-12-9-17-40(29)34(44)24(5)36-30(41)21-39/h6-8,10-11,13-16,22-24,28-29,31H,9,12,17-21H2,1-5H3,(H,36,41)(H,37,43)(H,38,42)/t24-,28-,29+,31-/m0/s1. The second-order valence-corrected chi connectivity index (χ2v) is 13.1. The molecule has 10 heteroatoms. The third kappa shape index (κ3) is 8.93. The Morgan fingerprint density at radius 2 is 1.56 bits per heavy atom. The topological polar surface area (TPSA) is 128 Å². The van der Waals surface area contributed by atoms with E-state index in [0.29, 0.717) is 37.3 Å². The van der Waals surface area contributed by atoms with Crippen molar-refractivity contribution >= 4 is 29.5 Å². The van der Waals surface area contributed by atoms with Crippen LogP contribution in [0.3, 0.4) is 0 Å². The van der Waals surface area contributed by atoms with Crippen LogP contribution in [0.2, 0.25) is 0 Å². The van der Waals surface area contributed by atoms with Crippen LogP contribution in [-0.2, 0) is 32.0 Å². The molecule has 4 atom stereocenters. The van der Waals surface area contributed by atoms with Crippen LogP contribution in [-0.4, -0.2) is 83.1 Å². The molecule has 2 aromatic rings. The number of amides is 5. The highest BCUT2D eigenvalue weighted by molar-refractivity contribution is 5.98. The largest absolute Gasteiger partial charge is 0.349 e. The quantitative estimate of drug-likeness (QED) is 0.460. The van der Waals surface area contributed by atoms with Crippen molar-refractivity contribution in [2.75, 3.05) is 19.6 Å². The molecule has 2 fully saturated rings. The van der Waals surface area contributed by atoms with E-state index >= 15 is 0 Å². The molecule has 10 nitrogen and oxygen atoms in total. The van der Waals surface area contributed by atoms with Gasteiger partial charge in [0.15, 0.2) is 0 Å². The zero-order chi connectivity index (χ0) is 32.7. The molecule has 0 unspecified atom stereocenters. The number of carbonyl (C=O) groups is 5. The van der Waals surface area contributed by atoms with Gasteiger partial charge in [0.1, 0.15) is 18.1 Å². The van der Waals surface area contributed by atoms with Crippen LogP contribution in [0.4, 0.5) is 0 Å². The lowest BCUT2D eigenvalue weighted by Crippen LogP contribution is -2.58. The Balaban J connectivity index is 1.70. The summed E-state index contributed by atoms with van der Waals surface area (Å²) in [4.78, 5) is 70.9. The van der Waals surface area contributed by atoms with Gasteiger partial charge in [0.25, 0.3) is 5.91 Å². The molecule has 0 radical (unpaired) electrons. The fourth-order valence-electron chi connectivity index (χ4n) is 6.13. The van der Waals surface area contributed by atoms with Gasteiger partial charge in [-0.25, -0.2) is 0 Å². The van der Waals surface area contributed by atoms with E-state index in [4.69, 9.17) is 0 Å². The molecule has 5 amide bonds. The number of carbonyl (C=O) groups excluding carboxylic acids is 5. The van der Waals surface area contributed by atoms with Gasteiger partial charge in [0.05, 0.1) is 12.6 Å². The highest BCUT2D eigenvalue weighted by atomic mass is 16.2. The number of hydrogen-bond donors (Lipinski definition) is 3. The first-order chi connectivity index (χ1) is 21.4. The summed E-state index contributed by atoms with van der Waals surface area (Å²) in [6, 6.07) is 13.9. The summed E-state index contributed by atoms with van der Waals surface area (Å²) in [5.74, 6) is -1.77. The number of rotatable bonds is 6. The summed E-state index contributed by atoms with van der Waals surface area (Å²) in [6.45, 7) is 9.67. The minimum absolute atomic E-state index is 0.0382. The number of hydrogen-bond acceptors (Lipinski definition) is 5. The molecule has 2 aliphatic rings. The molecule has 242 valence electrons. The molecule has 0 spiro atoms. The highest BCUT2D eigenvalue weighted by Gasteiger charge is 2.39. The molecule has 0 aliphatic carbocycles. The molecule has 2 aliphatic heterocycles. The molecule has 3 N–H and O–H groups in total. The van der Waals surface area contributed by atoms with Crippen molar-refractivity contribution in [1.29, 1.82) is 0 Å². The smallest absolute Gasteiger partial charge is 0.254 e. The van der Waals surface area contributed by atoms with E-state index < -0.39 is 30.1 Å². The maximum absolute atomic E-state index is 14.0. The minimum atomic E-state index is -0.899. The highest BCUT2D eigenvalue weighted by Crippen LogP contribution is 2.20. The number of nitrogens with zero attached hydrogens (tertiary/aromatic N) is 2. The molecular weight excluding hydrogens is 570 g/mol. The third-order valence-corrected chi connectivity index (χ3v) is 8.41. The maximum Gasteiger partial charge on any atom is 0.254 e. The number of benzene rings is 2. The van der Waals surface area contributed by atoms with Crippen molar-refractivity contribution in [2.45, 2.75) is 84.5 Å². The Labute approximate surface area is 266 Å². The molecule has 45 heavy (non-hydrogen) atoms. The zero-order valence-corrected chi connectivity index (χ0v) is 27.0. The van der Waals surface area contributed by atoms with E-state index in [0.717, 1.165) is 17.5 Å². The van der Waals surface area contributed by atoms with E-state index in [1.165, 1.54) is 9.80 Å². The average molecular weight is 618 g/mol. The summed E-state index contributed by atoms with van der Waals surface area (Å²) >= 11 is 0. The van der Waals surface area contributed by atoms with Gasteiger partial charge in [-0.2, -0.15) is 0 Å². The van der Waals surface area contributed by atoms with Gasteiger partial charge in [0.2, 0.25) is 23.6 Å². The SMILES string of the molecule is CC(C)Cc1ccc(C(=O)N2CC(=O)N[C@@H](C)C(=O)N3CCC[C@@H]3C(=O)N[C@@H](C(C)C)C(=O)N[C@@H](Cc3ccccc3)C2)cc1. The zero-order valence-electron chi connectivity index (χ0n) is 27.0. The molecule has 4 rings (SSSR count). The number of nitrogens with one attached hydrogen (secondary N) is 3. The summed E-state index contributed by atoms with van der Waals surface area (Å²) in [7, 11) is 0. The van der Waals surface area contributed by atoms with Crippen LogP contribution in [0.15, 0.2) is 54.6 Å². The Hall–Kier alpha value is -4.21. The third-order valence-electron chi connectivity index (χ3n) is 8.41. The normalized spacial score (nSPS) is 23.6. The predicted octanol–water partition coefficient (Wildman–Crippen LogP) is 2.70. The summed E-state index contributed by atoms with van der Waals surface area (Å²) in [5.41, 5.74) is 2.48. The molecule has 2 aromatic carbocycles. The first-order valence-corrected chi connectivity index (χ1v) is 16.1. The lowest BCUT2D eigenvalue weighted by molar-refractivity contribution is -0.142. The molecule has 0 bridgehead atoms. The van der Waals surface area contributed by atoms with Crippen molar-refractivity contribution in [3.05, 3.63) is 71.3 Å². The van der Waals surface area contributed by atoms with Crippen LogP contribution in [0.25, 0.3) is 0 Å². The van der Waals surface area contributed by atoms with Gasteiger partial charge in [-0.05, 0) is 67.7 Å².